The highest BCUT2D eigenvalue weighted by molar-refractivity contribution is 7.15. The minimum atomic E-state index is 0.553. The Morgan fingerprint density at radius 3 is 2.93 bits per heavy atom. The Morgan fingerprint density at radius 1 is 1.43 bits per heavy atom. The zero-order chi connectivity index (χ0) is 9.97. The number of aromatic nitrogens is 2. The van der Waals surface area contributed by atoms with Crippen LogP contribution in [-0.2, 0) is 6.54 Å². The van der Waals surface area contributed by atoms with E-state index in [4.69, 9.17) is 5.73 Å². The van der Waals surface area contributed by atoms with Crippen LogP contribution in [0.2, 0.25) is 0 Å². The van der Waals surface area contributed by atoms with E-state index < -0.39 is 0 Å². The Labute approximate surface area is 86.6 Å². The first kappa shape index (κ1) is 9.30. The molecule has 0 saturated carbocycles. The monoisotopic (exact) mass is 205 g/mol. The summed E-state index contributed by atoms with van der Waals surface area (Å²) in [5.41, 5.74) is 7.63. The van der Waals surface area contributed by atoms with E-state index in [0.717, 1.165) is 21.1 Å². The van der Waals surface area contributed by atoms with Gasteiger partial charge in [-0.2, -0.15) is 0 Å². The largest absolute Gasteiger partial charge is 0.326 e. The Hall–Kier alpha value is -1.26. The second-order valence-electron chi connectivity index (χ2n) is 2.97. The predicted octanol–water partition coefficient (Wildman–Crippen LogP) is 1.97. The molecule has 0 saturated heterocycles. The standard InChI is InChI=1S/C10H11N3S/c1-7-9(3-2-4-12-7)10-13-6-8(5-11)14-10/h2-4,6H,5,11H2,1H3. The van der Waals surface area contributed by atoms with Gasteiger partial charge in [0.15, 0.2) is 0 Å². The summed E-state index contributed by atoms with van der Waals surface area (Å²) in [7, 11) is 0. The van der Waals surface area contributed by atoms with Crippen molar-refractivity contribution in [1.82, 2.24) is 9.97 Å². The van der Waals surface area contributed by atoms with Gasteiger partial charge in [-0.05, 0) is 19.1 Å². The van der Waals surface area contributed by atoms with E-state index in [1.165, 1.54) is 0 Å². The van der Waals surface area contributed by atoms with Crippen LogP contribution in [0, 0.1) is 6.92 Å². The molecule has 0 atom stereocenters. The summed E-state index contributed by atoms with van der Waals surface area (Å²) >= 11 is 1.62. The van der Waals surface area contributed by atoms with Gasteiger partial charge >= 0.3 is 0 Å². The van der Waals surface area contributed by atoms with Crippen molar-refractivity contribution in [2.45, 2.75) is 13.5 Å². The zero-order valence-electron chi connectivity index (χ0n) is 7.90. The molecule has 2 aromatic heterocycles. The quantitative estimate of drug-likeness (QED) is 0.815. The normalized spacial score (nSPS) is 10.4. The van der Waals surface area contributed by atoms with Crippen LogP contribution in [0.1, 0.15) is 10.6 Å². The van der Waals surface area contributed by atoms with Crippen LogP contribution in [0.15, 0.2) is 24.5 Å². The molecule has 3 nitrogen and oxygen atoms in total. The summed E-state index contributed by atoms with van der Waals surface area (Å²) in [4.78, 5) is 9.64. The van der Waals surface area contributed by atoms with Gasteiger partial charge in [0, 0.05) is 35.1 Å². The van der Waals surface area contributed by atoms with E-state index in [2.05, 4.69) is 9.97 Å². The first-order chi connectivity index (χ1) is 6.81. The SMILES string of the molecule is Cc1ncccc1-c1ncc(CN)s1. The Morgan fingerprint density at radius 2 is 2.29 bits per heavy atom. The molecule has 2 heterocycles. The van der Waals surface area contributed by atoms with Crippen LogP contribution in [0.25, 0.3) is 10.6 Å². The summed E-state index contributed by atoms with van der Waals surface area (Å²) in [5.74, 6) is 0. The van der Waals surface area contributed by atoms with Gasteiger partial charge in [-0.1, -0.05) is 0 Å². The lowest BCUT2D eigenvalue weighted by molar-refractivity contribution is 1.10. The third kappa shape index (κ3) is 1.66. The van der Waals surface area contributed by atoms with E-state index in [0.29, 0.717) is 6.54 Å². The highest BCUT2D eigenvalue weighted by atomic mass is 32.1. The molecule has 0 amide bonds. The maximum atomic E-state index is 5.53. The Balaban J connectivity index is 2.44. The van der Waals surface area contributed by atoms with E-state index in [1.807, 2.05) is 25.3 Å². The molecule has 14 heavy (non-hydrogen) atoms. The van der Waals surface area contributed by atoms with Crippen LogP contribution < -0.4 is 5.73 Å². The van der Waals surface area contributed by atoms with Crippen molar-refractivity contribution in [3.63, 3.8) is 0 Å². The molecule has 0 spiro atoms. The van der Waals surface area contributed by atoms with E-state index in [9.17, 15) is 0 Å². The fourth-order valence-electron chi connectivity index (χ4n) is 1.24. The number of hydrogen-bond acceptors (Lipinski definition) is 4. The van der Waals surface area contributed by atoms with Crippen molar-refractivity contribution < 1.29 is 0 Å². The topological polar surface area (TPSA) is 51.8 Å². The number of nitrogens with two attached hydrogens (primary N) is 1. The summed E-state index contributed by atoms with van der Waals surface area (Å²) < 4.78 is 0. The average molecular weight is 205 g/mol. The van der Waals surface area contributed by atoms with Gasteiger partial charge in [-0.15, -0.1) is 11.3 Å². The smallest absolute Gasteiger partial charge is 0.125 e. The van der Waals surface area contributed by atoms with Gasteiger partial charge in [0.05, 0.1) is 0 Å². The molecule has 2 aromatic rings. The van der Waals surface area contributed by atoms with Crippen LogP contribution in [-0.4, -0.2) is 9.97 Å². The molecule has 0 radical (unpaired) electrons. The van der Waals surface area contributed by atoms with Crippen molar-refractivity contribution in [1.29, 1.82) is 0 Å². The van der Waals surface area contributed by atoms with Gasteiger partial charge in [0.2, 0.25) is 0 Å². The van der Waals surface area contributed by atoms with Crippen molar-refractivity contribution in [3.05, 3.63) is 35.1 Å². The molecular weight excluding hydrogens is 194 g/mol. The molecule has 0 bridgehead atoms. The molecule has 2 N–H and O–H groups in total. The van der Waals surface area contributed by atoms with Crippen LogP contribution >= 0.6 is 11.3 Å². The lowest BCUT2D eigenvalue weighted by Gasteiger charge is -1.98. The van der Waals surface area contributed by atoms with Crippen LogP contribution in [0.3, 0.4) is 0 Å². The lowest BCUT2D eigenvalue weighted by atomic mass is 10.2. The zero-order valence-corrected chi connectivity index (χ0v) is 8.71. The van der Waals surface area contributed by atoms with E-state index in [-0.39, 0.29) is 0 Å². The summed E-state index contributed by atoms with van der Waals surface area (Å²) in [5, 5.41) is 0.996. The molecule has 2 rings (SSSR count). The first-order valence-corrected chi connectivity index (χ1v) is 5.19. The number of thiazole rings is 1. The fraction of sp³-hybridized carbons (Fsp3) is 0.200. The summed E-state index contributed by atoms with van der Waals surface area (Å²) in [6, 6.07) is 3.95. The molecular formula is C10H11N3S. The molecule has 0 aliphatic rings. The summed E-state index contributed by atoms with van der Waals surface area (Å²) in [6.45, 7) is 2.54. The maximum absolute atomic E-state index is 5.53. The van der Waals surface area contributed by atoms with Crippen molar-refractivity contribution in [2.75, 3.05) is 0 Å². The first-order valence-electron chi connectivity index (χ1n) is 4.38. The number of hydrogen-bond donors (Lipinski definition) is 1. The van der Waals surface area contributed by atoms with Crippen LogP contribution in [0.4, 0.5) is 0 Å². The number of pyridine rings is 1. The van der Waals surface area contributed by atoms with Crippen molar-refractivity contribution in [3.8, 4) is 10.6 Å². The van der Waals surface area contributed by atoms with Gasteiger partial charge in [-0.25, -0.2) is 4.98 Å². The van der Waals surface area contributed by atoms with Gasteiger partial charge in [-0.3, -0.25) is 4.98 Å². The molecule has 0 aliphatic carbocycles. The fourth-order valence-corrected chi connectivity index (χ4v) is 2.10. The molecule has 0 fully saturated rings. The minimum Gasteiger partial charge on any atom is -0.326 e. The number of rotatable bonds is 2. The van der Waals surface area contributed by atoms with Crippen molar-refractivity contribution in [2.24, 2.45) is 5.73 Å². The number of nitrogens with zero attached hydrogens (tertiary/aromatic N) is 2. The highest BCUT2D eigenvalue weighted by Gasteiger charge is 2.06. The molecule has 72 valence electrons. The minimum absolute atomic E-state index is 0.553. The average Bonchev–Trinajstić information content (AvgIpc) is 2.67. The molecule has 0 unspecified atom stereocenters. The van der Waals surface area contributed by atoms with Crippen LogP contribution in [0.5, 0.6) is 0 Å². The van der Waals surface area contributed by atoms with Gasteiger partial charge < -0.3 is 5.73 Å². The summed E-state index contributed by atoms with van der Waals surface area (Å²) in [6.07, 6.45) is 3.61. The lowest BCUT2D eigenvalue weighted by Crippen LogP contribution is -1.91. The van der Waals surface area contributed by atoms with Gasteiger partial charge in [0.25, 0.3) is 0 Å². The highest BCUT2D eigenvalue weighted by Crippen LogP contribution is 2.26. The predicted molar refractivity (Wildman–Crippen MR) is 58.0 cm³/mol. The Bertz CT molecular complexity index is 436. The third-order valence-corrected chi connectivity index (χ3v) is 3.05. The molecule has 0 aliphatic heterocycles. The second kappa shape index (κ2) is 3.86. The number of aryl methyl sites for hydroxylation is 1. The second-order valence-corrected chi connectivity index (χ2v) is 4.09. The van der Waals surface area contributed by atoms with Crippen molar-refractivity contribution >= 4 is 11.3 Å². The molecule has 0 aromatic carbocycles. The van der Waals surface area contributed by atoms with E-state index >= 15 is 0 Å². The third-order valence-electron chi connectivity index (χ3n) is 1.99. The molecule has 4 heteroatoms. The maximum Gasteiger partial charge on any atom is 0.125 e. The van der Waals surface area contributed by atoms with E-state index in [1.54, 1.807) is 17.5 Å². The Kier molecular flexibility index (Phi) is 2.56. The van der Waals surface area contributed by atoms with Gasteiger partial charge in [0.1, 0.15) is 5.01 Å².